The van der Waals surface area contributed by atoms with Crippen LogP contribution in [-0.2, 0) is 11.8 Å². The SMILES string of the molecule is COCC(O)CNC(=O)c1cc(-c2ccc(Cl)cc2)nn(-c2cnn(C)c2)c1=O. The largest absolute Gasteiger partial charge is 0.389 e. The number of methoxy groups -OCH3 is 1. The number of halogens is 1. The Bertz CT molecular complexity index is 1060. The quantitative estimate of drug-likeness (QED) is 0.593. The average molecular weight is 418 g/mol. The van der Waals surface area contributed by atoms with Crippen LogP contribution in [0.5, 0.6) is 0 Å². The molecule has 1 unspecified atom stereocenters. The number of benzene rings is 1. The van der Waals surface area contributed by atoms with E-state index in [2.05, 4.69) is 15.5 Å². The van der Waals surface area contributed by atoms with Crippen LogP contribution in [0.1, 0.15) is 10.4 Å². The average Bonchev–Trinajstić information content (AvgIpc) is 3.13. The smallest absolute Gasteiger partial charge is 0.284 e. The monoisotopic (exact) mass is 417 g/mol. The van der Waals surface area contributed by atoms with E-state index in [1.165, 1.54) is 24.1 Å². The molecule has 1 aromatic carbocycles. The summed E-state index contributed by atoms with van der Waals surface area (Å²) in [5, 5.41) is 21.3. The van der Waals surface area contributed by atoms with Gasteiger partial charge in [-0.3, -0.25) is 14.3 Å². The molecule has 0 bridgehead atoms. The third kappa shape index (κ3) is 4.89. The highest BCUT2D eigenvalue weighted by molar-refractivity contribution is 6.30. The van der Waals surface area contributed by atoms with E-state index in [9.17, 15) is 14.7 Å². The van der Waals surface area contributed by atoms with E-state index < -0.39 is 17.6 Å². The molecule has 2 aromatic heterocycles. The minimum Gasteiger partial charge on any atom is -0.389 e. The van der Waals surface area contributed by atoms with E-state index in [-0.39, 0.29) is 18.7 Å². The molecule has 0 saturated heterocycles. The van der Waals surface area contributed by atoms with Gasteiger partial charge in [-0.1, -0.05) is 23.7 Å². The second-order valence-electron chi connectivity index (χ2n) is 6.36. The third-order valence-corrected chi connectivity index (χ3v) is 4.34. The van der Waals surface area contributed by atoms with Gasteiger partial charge in [0.05, 0.1) is 30.8 Å². The van der Waals surface area contributed by atoms with Crippen molar-refractivity contribution in [3.05, 3.63) is 63.7 Å². The number of rotatable bonds is 7. The zero-order chi connectivity index (χ0) is 21.0. The van der Waals surface area contributed by atoms with E-state index in [4.69, 9.17) is 16.3 Å². The Morgan fingerprint density at radius 1 is 1.34 bits per heavy atom. The lowest BCUT2D eigenvalue weighted by atomic mass is 10.1. The Hall–Kier alpha value is -3.01. The van der Waals surface area contributed by atoms with E-state index >= 15 is 0 Å². The zero-order valence-electron chi connectivity index (χ0n) is 15.9. The van der Waals surface area contributed by atoms with Crippen LogP contribution in [0.15, 0.2) is 47.5 Å². The number of hydrogen-bond donors (Lipinski definition) is 2. The highest BCUT2D eigenvalue weighted by atomic mass is 35.5. The van der Waals surface area contributed by atoms with Gasteiger partial charge in [0.1, 0.15) is 11.3 Å². The van der Waals surface area contributed by atoms with Crippen LogP contribution in [0.25, 0.3) is 16.9 Å². The Kier molecular flexibility index (Phi) is 6.42. The number of nitrogens with one attached hydrogen (secondary N) is 1. The number of carbonyl (C=O) groups excluding carboxylic acids is 1. The second-order valence-corrected chi connectivity index (χ2v) is 6.79. The van der Waals surface area contributed by atoms with Gasteiger partial charge >= 0.3 is 0 Å². The molecule has 0 spiro atoms. The van der Waals surface area contributed by atoms with Gasteiger partial charge in [0.2, 0.25) is 0 Å². The number of aliphatic hydroxyl groups excluding tert-OH is 1. The van der Waals surface area contributed by atoms with Crippen LogP contribution < -0.4 is 10.9 Å². The molecule has 0 fully saturated rings. The Balaban J connectivity index is 2.04. The van der Waals surface area contributed by atoms with Crippen molar-refractivity contribution in [1.29, 1.82) is 0 Å². The van der Waals surface area contributed by atoms with Crippen molar-refractivity contribution in [2.24, 2.45) is 7.05 Å². The Morgan fingerprint density at radius 2 is 2.07 bits per heavy atom. The molecule has 0 aliphatic carbocycles. The fourth-order valence-corrected chi connectivity index (χ4v) is 2.79. The maximum atomic E-state index is 12.9. The fourth-order valence-electron chi connectivity index (χ4n) is 2.67. The molecule has 1 atom stereocenters. The first-order valence-electron chi connectivity index (χ1n) is 8.73. The summed E-state index contributed by atoms with van der Waals surface area (Å²) in [7, 11) is 3.15. The van der Waals surface area contributed by atoms with Crippen LogP contribution in [0.2, 0.25) is 5.02 Å². The summed E-state index contributed by atoms with van der Waals surface area (Å²) in [4.78, 5) is 25.6. The fraction of sp³-hybridized carbons (Fsp3) is 0.263. The third-order valence-electron chi connectivity index (χ3n) is 4.09. The summed E-state index contributed by atoms with van der Waals surface area (Å²) in [6.07, 6.45) is 2.20. The van der Waals surface area contributed by atoms with Crippen molar-refractivity contribution in [2.75, 3.05) is 20.3 Å². The van der Waals surface area contributed by atoms with E-state index in [0.29, 0.717) is 22.0 Å². The van der Waals surface area contributed by atoms with Crippen molar-refractivity contribution in [1.82, 2.24) is 24.9 Å². The molecule has 2 heterocycles. The van der Waals surface area contributed by atoms with Crippen molar-refractivity contribution in [3.8, 4) is 16.9 Å². The molecule has 0 radical (unpaired) electrons. The molecule has 3 rings (SSSR count). The van der Waals surface area contributed by atoms with Crippen molar-refractivity contribution in [3.63, 3.8) is 0 Å². The van der Waals surface area contributed by atoms with Crippen LogP contribution in [0.4, 0.5) is 0 Å². The predicted molar refractivity (Wildman–Crippen MR) is 107 cm³/mol. The predicted octanol–water partition coefficient (Wildman–Crippen LogP) is 1.02. The first-order chi connectivity index (χ1) is 13.9. The van der Waals surface area contributed by atoms with Gasteiger partial charge in [0.25, 0.3) is 11.5 Å². The summed E-state index contributed by atoms with van der Waals surface area (Å²) in [6, 6.07) is 8.29. The number of carbonyl (C=O) groups is 1. The molecule has 10 heteroatoms. The first kappa shape index (κ1) is 20.7. The molecule has 2 N–H and O–H groups in total. The molecule has 0 saturated carbocycles. The first-order valence-corrected chi connectivity index (χ1v) is 9.11. The van der Waals surface area contributed by atoms with Gasteiger partial charge in [0.15, 0.2) is 0 Å². The maximum absolute atomic E-state index is 12.9. The van der Waals surface area contributed by atoms with E-state index in [1.807, 2.05) is 0 Å². The Labute approximate surface area is 171 Å². The number of nitrogens with zero attached hydrogens (tertiary/aromatic N) is 4. The topological polar surface area (TPSA) is 111 Å². The minimum absolute atomic E-state index is 0.0579. The molecular weight excluding hydrogens is 398 g/mol. The van der Waals surface area contributed by atoms with Crippen LogP contribution >= 0.6 is 11.6 Å². The van der Waals surface area contributed by atoms with Gasteiger partial charge in [-0.05, 0) is 18.2 Å². The maximum Gasteiger partial charge on any atom is 0.284 e. The number of aliphatic hydroxyl groups is 1. The number of aryl methyl sites for hydroxylation is 1. The normalized spacial score (nSPS) is 12.0. The zero-order valence-corrected chi connectivity index (χ0v) is 16.6. The van der Waals surface area contributed by atoms with Crippen molar-refractivity contribution in [2.45, 2.75) is 6.10 Å². The highest BCUT2D eigenvalue weighted by Gasteiger charge is 2.19. The van der Waals surface area contributed by atoms with Crippen LogP contribution in [0.3, 0.4) is 0 Å². The second kappa shape index (κ2) is 8.99. The lowest BCUT2D eigenvalue weighted by molar-refractivity contribution is 0.0609. The molecule has 0 aliphatic rings. The number of amides is 1. The Morgan fingerprint density at radius 3 is 2.69 bits per heavy atom. The standard InChI is InChI=1S/C19H20ClN5O4/c1-24-10-14(8-22-24)25-19(28)16(18(27)21-9-15(26)11-29-2)7-17(23-25)12-3-5-13(20)6-4-12/h3-8,10,15,26H,9,11H2,1-2H3,(H,21,27). The number of aromatic nitrogens is 4. The summed E-state index contributed by atoms with van der Waals surface area (Å²) < 4.78 is 7.48. The van der Waals surface area contributed by atoms with Gasteiger partial charge in [-0.15, -0.1) is 0 Å². The van der Waals surface area contributed by atoms with E-state index in [1.54, 1.807) is 37.5 Å². The minimum atomic E-state index is -0.887. The van der Waals surface area contributed by atoms with Gasteiger partial charge in [-0.25, -0.2) is 0 Å². The summed E-state index contributed by atoms with van der Waals surface area (Å²) >= 11 is 5.95. The van der Waals surface area contributed by atoms with Crippen molar-refractivity contribution >= 4 is 17.5 Å². The van der Waals surface area contributed by atoms with E-state index in [0.717, 1.165) is 4.68 Å². The van der Waals surface area contributed by atoms with Gasteiger partial charge in [0, 0.05) is 31.3 Å². The summed E-state index contributed by atoms with van der Waals surface area (Å²) in [6.45, 7) is 0.00414. The molecule has 29 heavy (non-hydrogen) atoms. The lowest BCUT2D eigenvalue weighted by Crippen LogP contribution is -2.38. The molecule has 1 amide bonds. The van der Waals surface area contributed by atoms with Crippen LogP contribution in [-0.4, -0.2) is 56.9 Å². The van der Waals surface area contributed by atoms with Gasteiger partial charge in [-0.2, -0.15) is 14.9 Å². The molecule has 9 nitrogen and oxygen atoms in total. The highest BCUT2D eigenvalue weighted by Crippen LogP contribution is 2.20. The van der Waals surface area contributed by atoms with Crippen LogP contribution in [0, 0.1) is 0 Å². The summed E-state index contributed by atoms with van der Waals surface area (Å²) in [5.74, 6) is -0.625. The van der Waals surface area contributed by atoms with Gasteiger partial charge < -0.3 is 15.2 Å². The number of ether oxygens (including phenoxy) is 1. The molecule has 0 aliphatic heterocycles. The number of hydrogen-bond acceptors (Lipinski definition) is 6. The molecular formula is C19H20ClN5O4. The molecule has 3 aromatic rings. The lowest BCUT2D eigenvalue weighted by Gasteiger charge is -2.12. The molecule has 152 valence electrons. The summed E-state index contributed by atoms with van der Waals surface area (Å²) in [5.41, 5.74) is 0.794. The van der Waals surface area contributed by atoms with Crippen molar-refractivity contribution < 1.29 is 14.6 Å².